The summed E-state index contributed by atoms with van der Waals surface area (Å²) in [5, 5.41) is 45.7. The number of methoxy groups -OCH3 is 2. The molecule has 1 aromatic rings. The first-order valence-corrected chi connectivity index (χ1v) is 22.4. The highest BCUT2D eigenvalue weighted by atomic mass is 16.5. The van der Waals surface area contributed by atoms with Crippen molar-refractivity contribution in [2.45, 2.75) is 122 Å². The minimum atomic E-state index is -2.07. The third-order valence-corrected chi connectivity index (χ3v) is 11.4. The topological polar surface area (TPSA) is 351 Å². The van der Waals surface area contributed by atoms with Gasteiger partial charge in [-0.25, -0.2) is 9.59 Å². The molecule has 1 aliphatic rings. The minimum absolute atomic E-state index is 0.159. The van der Waals surface area contributed by atoms with Gasteiger partial charge in [0.2, 0.25) is 35.4 Å². The normalized spacial score (nSPS) is 25.2. The van der Waals surface area contributed by atoms with Gasteiger partial charge in [0.25, 0.3) is 5.91 Å². The van der Waals surface area contributed by atoms with Crippen LogP contribution in [0.2, 0.25) is 0 Å². The Kier molecular flexibility index (Phi) is 24.1. The molecule has 2 rings (SSSR count). The molecule has 23 nitrogen and oxygen atoms in total. The summed E-state index contributed by atoms with van der Waals surface area (Å²) in [7, 11) is 2.66. The van der Waals surface area contributed by atoms with Gasteiger partial charge in [-0.05, 0) is 45.1 Å². The Morgan fingerprint density at radius 1 is 0.757 bits per heavy atom. The Morgan fingerprint density at radius 3 is 1.91 bits per heavy atom. The maximum atomic E-state index is 14.2. The van der Waals surface area contributed by atoms with Crippen LogP contribution in [0.3, 0.4) is 0 Å². The summed E-state index contributed by atoms with van der Waals surface area (Å²) in [6.07, 6.45) is 2.03. The number of aliphatic carboxylic acids is 3. The first kappa shape index (κ1) is 58.7. The number of benzene rings is 1. The van der Waals surface area contributed by atoms with E-state index >= 15 is 0 Å². The van der Waals surface area contributed by atoms with Crippen LogP contribution >= 0.6 is 0 Å². The van der Waals surface area contributed by atoms with Crippen LogP contribution < -0.4 is 37.2 Å². The third-order valence-electron chi connectivity index (χ3n) is 11.4. The van der Waals surface area contributed by atoms with E-state index in [1.165, 1.54) is 13.0 Å². The van der Waals surface area contributed by atoms with Crippen LogP contribution in [0.25, 0.3) is 0 Å². The summed E-state index contributed by atoms with van der Waals surface area (Å²) in [6, 6.07) is -0.226. The number of rotatable bonds is 15. The molecule has 0 spiro atoms. The number of carbonyl (C=O) groups excluding carboxylic acids is 8. The van der Waals surface area contributed by atoms with Gasteiger partial charge < -0.3 is 62.0 Å². The quantitative estimate of drug-likeness (QED) is 0.0628. The molecule has 70 heavy (non-hydrogen) atoms. The highest BCUT2D eigenvalue weighted by Gasteiger charge is 2.37. The number of esters is 1. The van der Waals surface area contributed by atoms with Crippen molar-refractivity contribution >= 4 is 65.2 Å². The van der Waals surface area contributed by atoms with Gasteiger partial charge in [-0.1, -0.05) is 81.5 Å². The molecule has 0 aliphatic carbocycles. The van der Waals surface area contributed by atoms with Gasteiger partial charge >= 0.3 is 23.9 Å². The molecule has 1 aromatic carbocycles. The molecule has 0 saturated carbocycles. The van der Waals surface area contributed by atoms with Gasteiger partial charge in [-0.2, -0.15) is 0 Å². The van der Waals surface area contributed by atoms with Crippen LogP contribution in [-0.4, -0.2) is 137 Å². The first-order chi connectivity index (χ1) is 32.9. The number of allylic oxidation sites excluding steroid dienone is 2. The van der Waals surface area contributed by atoms with Crippen molar-refractivity contribution in [3.8, 4) is 0 Å². The standard InChI is InChI=1S/C47H65N7O16/c1-24(22-25(2)35(69-7)23-30-12-10-9-11-13-30)14-15-31-26(3)40(59)53-34(46(65)66)16-19-36(55)48-28(5)42(61)49-29(6)43(62)52-32(17-20-37(56)57)45(64)54-39(47(67)68)27(4)41(60)51-33(44(63)50-31)18-21-38(58)70-8/h9-15,22,25-27,29,31-35,39H,5,16-21,23H2,1-4,6-8H3,(H,48,55)(H,49,61)(H,50,63)(H,51,60)(H,52,62)(H,53,59)(H,54,64)(H,56,57)(H,65,66)(H,67,68)/t25-,26-,27-,29+,31-,32-,33-,34+,35-,39+/m0/s1. The monoisotopic (exact) mass is 983 g/mol. The maximum absolute atomic E-state index is 14.2. The van der Waals surface area contributed by atoms with E-state index in [0.29, 0.717) is 12.0 Å². The molecule has 1 fully saturated rings. The van der Waals surface area contributed by atoms with Gasteiger partial charge in [0.05, 0.1) is 36.8 Å². The van der Waals surface area contributed by atoms with Crippen LogP contribution in [-0.2, 0) is 68.6 Å². The Bertz CT molecular complexity index is 2160. The van der Waals surface area contributed by atoms with Crippen LogP contribution in [0, 0.1) is 17.8 Å². The smallest absolute Gasteiger partial charge is 0.327 e. The van der Waals surface area contributed by atoms with Crippen LogP contribution in [0.15, 0.2) is 66.4 Å². The second kappa shape index (κ2) is 28.8. The van der Waals surface area contributed by atoms with Crippen molar-refractivity contribution in [3.05, 3.63) is 72.0 Å². The van der Waals surface area contributed by atoms with Crippen molar-refractivity contribution in [1.29, 1.82) is 0 Å². The molecule has 1 aliphatic heterocycles. The molecular weight excluding hydrogens is 919 g/mol. The fraction of sp³-hybridized carbons (Fsp3) is 0.511. The summed E-state index contributed by atoms with van der Waals surface area (Å²) in [5.41, 5.74) is 1.11. The molecule has 23 heteroatoms. The van der Waals surface area contributed by atoms with Gasteiger partial charge in [-0.15, -0.1) is 0 Å². The summed E-state index contributed by atoms with van der Waals surface area (Å²) in [6.45, 7) is 10.8. The molecule has 0 unspecified atom stereocenters. The van der Waals surface area contributed by atoms with Gasteiger partial charge in [0.15, 0.2) is 0 Å². The lowest BCUT2D eigenvalue weighted by Crippen LogP contribution is -2.59. The Morgan fingerprint density at radius 2 is 1.34 bits per heavy atom. The van der Waals surface area contributed by atoms with Crippen LogP contribution in [0.4, 0.5) is 0 Å². The molecule has 10 N–H and O–H groups in total. The summed E-state index contributed by atoms with van der Waals surface area (Å²) in [4.78, 5) is 143. The first-order valence-electron chi connectivity index (χ1n) is 22.4. The van der Waals surface area contributed by atoms with Gasteiger partial charge in [0.1, 0.15) is 30.2 Å². The van der Waals surface area contributed by atoms with Crippen LogP contribution in [0.1, 0.15) is 78.7 Å². The number of amides is 7. The largest absolute Gasteiger partial charge is 0.481 e. The number of hydrogen-bond acceptors (Lipinski definition) is 13. The van der Waals surface area contributed by atoms with E-state index < -0.39 is 158 Å². The summed E-state index contributed by atoms with van der Waals surface area (Å²) in [5.74, 6) is -16.0. The van der Waals surface area contributed by atoms with Crippen LogP contribution in [0.5, 0.6) is 0 Å². The van der Waals surface area contributed by atoms with E-state index in [4.69, 9.17) is 9.47 Å². The van der Waals surface area contributed by atoms with E-state index in [0.717, 1.165) is 26.5 Å². The molecule has 1 saturated heterocycles. The van der Waals surface area contributed by atoms with Crippen molar-refractivity contribution < 1.29 is 77.5 Å². The average molecular weight is 984 g/mol. The van der Waals surface area contributed by atoms with Crippen molar-refractivity contribution in [2.75, 3.05) is 14.2 Å². The lowest BCUT2D eigenvalue weighted by Gasteiger charge is -2.28. The fourth-order valence-electron chi connectivity index (χ4n) is 6.98. The number of nitrogens with one attached hydrogen (secondary N) is 7. The zero-order valence-corrected chi connectivity index (χ0v) is 40.2. The number of ether oxygens (including phenoxy) is 2. The number of carboxylic acids is 3. The molecule has 0 aromatic heterocycles. The second-order valence-corrected chi connectivity index (χ2v) is 16.9. The Hall–Kier alpha value is -7.43. The molecule has 1 heterocycles. The minimum Gasteiger partial charge on any atom is -0.481 e. The number of hydrogen-bond donors (Lipinski definition) is 10. The summed E-state index contributed by atoms with van der Waals surface area (Å²) < 4.78 is 10.5. The summed E-state index contributed by atoms with van der Waals surface area (Å²) >= 11 is 0. The number of carboxylic acid groups (broad SMARTS) is 3. The highest BCUT2D eigenvalue weighted by Crippen LogP contribution is 2.18. The van der Waals surface area contributed by atoms with Gasteiger partial charge in [-0.3, -0.25) is 43.2 Å². The maximum Gasteiger partial charge on any atom is 0.327 e. The Labute approximate surface area is 405 Å². The molecular formula is C47H65N7O16. The average Bonchev–Trinajstić information content (AvgIpc) is 3.31. The fourth-order valence-corrected chi connectivity index (χ4v) is 6.98. The van der Waals surface area contributed by atoms with E-state index in [2.05, 4.69) is 43.8 Å². The number of carbonyl (C=O) groups is 11. The lowest BCUT2D eigenvalue weighted by molar-refractivity contribution is -0.147. The molecule has 7 amide bonds. The second-order valence-electron chi connectivity index (χ2n) is 16.9. The van der Waals surface area contributed by atoms with Gasteiger partial charge in [0, 0.05) is 32.3 Å². The molecule has 10 atom stereocenters. The lowest BCUT2D eigenvalue weighted by atomic mass is 9.94. The van der Waals surface area contributed by atoms with Crippen molar-refractivity contribution in [3.63, 3.8) is 0 Å². The van der Waals surface area contributed by atoms with E-state index in [9.17, 15) is 68.1 Å². The predicted octanol–water partition coefficient (Wildman–Crippen LogP) is -0.00550. The zero-order chi connectivity index (χ0) is 52.8. The molecule has 384 valence electrons. The predicted molar refractivity (Wildman–Crippen MR) is 248 cm³/mol. The third kappa shape index (κ3) is 19.7. The van der Waals surface area contributed by atoms with E-state index in [-0.39, 0.29) is 12.0 Å². The molecule has 0 radical (unpaired) electrons. The molecule has 0 bridgehead atoms. The zero-order valence-electron chi connectivity index (χ0n) is 40.2. The van der Waals surface area contributed by atoms with Crippen molar-refractivity contribution in [1.82, 2.24) is 37.2 Å². The highest BCUT2D eigenvalue weighted by molar-refractivity contribution is 6.00. The Balaban J connectivity index is 2.70. The van der Waals surface area contributed by atoms with Crippen molar-refractivity contribution in [2.24, 2.45) is 17.8 Å². The SMILES string of the molecule is C=C1NC(=O)CC[C@H](C(=O)O)NC(=O)[C@@H](C)[C@H](C=CC(C)=C[C@H](C)[C@H](Cc2ccccc2)OC)NC(=O)[C@H](CCC(=O)OC)NC(=O)[C@@H](C)[C@H](C(=O)O)NC(=O)[C@H](CCC(=O)O)NC(=O)[C@@H](C)NC1=O. The van der Waals surface area contributed by atoms with E-state index in [1.807, 2.05) is 43.3 Å². The van der Waals surface area contributed by atoms with E-state index in [1.54, 1.807) is 20.1 Å².